The molecule has 2 aromatic rings. The molecule has 1 fully saturated rings. The third kappa shape index (κ3) is 6.04. The molecule has 1 amide bonds. The van der Waals surface area contributed by atoms with E-state index in [0.29, 0.717) is 17.9 Å². The number of carbonyl (C=O) groups excluding carboxylic acids is 1. The maximum atomic E-state index is 12.8. The minimum atomic E-state index is -3.65. The molecule has 1 aliphatic heterocycles. The quantitative estimate of drug-likeness (QED) is 0.559. The summed E-state index contributed by atoms with van der Waals surface area (Å²) in [5.74, 6) is 0.384. The van der Waals surface area contributed by atoms with Crippen LogP contribution in [0.3, 0.4) is 0 Å². The number of nitrogens with zero attached hydrogens (tertiary/aromatic N) is 2. The van der Waals surface area contributed by atoms with Crippen LogP contribution in [0.25, 0.3) is 6.08 Å². The number of benzene rings is 2. The molecule has 0 radical (unpaired) electrons. The van der Waals surface area contributed by atoms with Gasteiger partial charge in [0.05, 0.1) is 11.5 Å². The number of rotatable bonds is 8. The van der Waals surface area contributed by atoms with Gasteiger partial charge in [-0.05, 0) is 55.0 Å². The fourth-order valence-electron chi connectivity index (χ4n) is 3.21. The molecule has 0 aliphatic carbocycles. The molecule has 0 N–H and O–H groups in total. The predicted molar refractivity (Wildman–Crippen MR) is 115 cm³/mol. The lowest BCUT2D eigenvalue weighted by Crippen LogP contribution is -2.50. The van der Waals surface area contributed by atoms with Crippen molar-refractivity contribution in [2.75, 3.05) is 32.8 Å². The van der Waals surface area contributed by atoms with Crippen molar-refractivity contribution in [3.8, 4) is 11.5 Å². The van der Waals surface area contributed by atoms with Crippen LogP contribution >= 0.6 is 0 Å². The molecule has 0 unspecified atom stereocenters. The average molecular weight is 467 g/mol. The minimum absolute atomic E-state index is 0.0355. The molecular weight excluding hydrogens is 442 g/mol. The van der Waals surface area contributed by atoms with Gasteiger partial charge < -0.3 is 14.4 Å². The number of hydrogen-bond donors (Lipinski definition) is 0. The number of amides is 1. The highest BCUT2D eigenvalue weighted by Gasteiger charge is 2.29. The molecule has 7 nitrogen and oxygen atoms in total. The molecule has 0 atom stereocenters. The summed E-state index contributed by atoms with van der Waals surface area (Å²) in [6.07, 6.45) is 2.94. The SMILES string of the molecule is CCOc1ccc(S(=O)(=O)N2CCN(C(=O)/C=C/c3ccc(OC(F)F)cc3)CC2)cc1. The molecule has 0 aromatic heterocycles. The number of piperazine rings is 1. The second-order valence-electron chi connectivity index (χ2n) is 6.91. The normalized spacial score (nSPS) is 15.3. The Balaban J connectivity index is 1.55. The van der Waals surface area contributed by atoms with E-state index < -0.39 is 16.6 Å². The molecule has 1 aliphatic rings. The first-order valence-electron chi connectivity index (χ1n) is 10.0. The summed E-state index contributed by atoms with van der Waals surface area (Å²) >= 11 is 0. The van der Waals surface area contributed by atoms with Crippen molar-refractivity contribution in [2.45, 2.75) is 18.4 Å². The highest BCUT2D eigenvalue weighted by Crippen LogP contribution is 2.21. The van der Waals surface area contributed by atoms with Crippen LogP contribution in [0.5, 0.6) is 11.5 Å². The molecule has 32 heavy (non-hydrogen) atoms. The van der Waals surface area contributed by atoms with Gasteiger partial charge in [0, 0.05) is 32.3 Å². The summed E-state index contributed by atoms with van der Waals surface area (Å²) in [5, 5.41) is 0. The van der Waals surface area contributed by atoms with Gasteiger partial charge in [-0.2, -0.15) is 13.1 Å². The zero-order valence-electron chi connectivity index (χ0n) is 17.5. The minimum Gasteiger partial charge on any atom is -0.494 e. The lowest BCUT2D eigenvalue weighted by Gasteiger charge is -2.33. The highest BCUT2D eigenvalue weighted by atomic mass is 32.2. The third-order valence-corrected chi connectivity index (χ3v) is 6.76. The van der Waals surface area contributed by atoms with Crippen molar-refractivity contribution in [1.82, 2.24) is 9.21 Å². The van der Waals surface area contributed by atoms with Crippen LogP contribution < -0.4 is 9.47 Å². The van der Waals surface area contributed by atoms with Crippen LogP contribution in [0.1, 0.15) is 12.5 Å². The smallest absolute Gasteiger partial charge is 0.387 e. The largest absolute Gasteiger partial charge is 0.494 e. The molecule has 3 rings (SSSR count). The first-order chi connectivity index (χ1) is 15.3. The van der Waals surface area contributed by atoms with Crippen LogP contribution in [0.4, 0.5) is 8.78 Å². The molecule has 0 spiro atoms. The van der Waals surface area contributed by atoms with Gasteiger partial charge in [-0.3, -0.25) is 4.79 Å². The second kappa shape index (κ2) is 10.6. The summed E-state index contributed by atoms with van der Waals surface area (Å²) in [7, 11) is -3.65. The van der Waals surface area contributed by atoms with Crippen molar-refractivity contribution in [1.29, 1.82) is 0 Å². The molecule has 2 aromatic carbocycles. The van der Waals surface area contributed by atoms with Gasteiger partial charge >= 0.3 is 6.61 Å². The van der Waals surface area contributed by atoms with Crippen molar-refractivity contribution in [3.05, 3.63) is 60.2 Å². The van der Waals surface area contributed by atoms with Gasteiger partial charge in [0.25, 0.3) is 0 Å². The van der Waals surface area contributed by atoms with E-state index in [4.69, 9.17) is 4.74 Å². The van der Waals surface area contributed by atoms with Gasteiger partial charge in [0.2, 0.25) is 15.9 Å². The fourth-order valence-corrected chi connectivity index (χ4v) is 4.63. The van der Waals surface area contributed by atoms with E-state index in [0.717, 1.165) is 0 Å². The van der Waals surface area contributed by atoms with Gasteiger partial charge in [-0.1, -0.05) is 12.1 Å². The topological polar surface area (TPSA) is 76.2 Å². The number of hydrogen-bond acceptors (Lipinski definition) is 5. The Morgan fingerprint density at radius 1 is 1.00 bits per heavy atom. The van der Waals surface area contributed by atoms with Gasteiger partial charge in [0.15, 0.2) is 0 Å². The van der Waals surface area contributed by atoms with Crippen LogP contribution in [-0.2, 0) is 14.8 Å². The molecular formula is C22H24F2N2O5S. The van der Waals surface area contributed by atoms with Crippen LogP contribution in [0.2, 0.25) is 0 Å². The van der Waals surface area contributed by atoms with Crippen molar-refractivity contribution < 1.29 is 31.5 Å². The van der Waals surface area contributed by atoms with E-state index in [2.05, 4.69) is 4.74 Å². The first-order valence-corrected chi connectivity index (χ1v) is 11.5. The van der Waals surface area contributed by atoms with Crippen LogP contribution in [0.15, 0.2) is 59.5 Å². The van der Waals surface area contributed by atoms with E-state index in [1.807, 2.05) is 6.92 Å². The van der Waals surface area contributed by atoms with Crippen molar-refractivity contribution in [2.24, 2.45) is 0 Å². The molecule has 10 heteroatoms. The zero-order valence-corrected chi connectivity index (χ0v) is 18.3. The Hall–Kier alpha value is -2.98. The monoisotopic (exact) mass is 466 g/mol. The Labute approximate surface area is 185 Å². The zero-order chi connectivity index (χ0) is 23.1. The molecule has 1 heterocycles. The second-order valence-corrected chi connectivity index (χ2v) is 8.85. The fraction of sp³-hybridized carbons (Fsp3) is 0.318. The Kier molecular flexibility index (Phi) is 7.81. The molecule has 172 valence electrons. The molecule has 0 saturated carbocycles. The summed E-state index contributed by atoms with van der Waals surface area (Å²) in [4.78, 5) is 14.2. The number of sulfonamides is 1. The number of halogens is 2. The summed E-state index contributed by atoms with van der Waals surface area (Å²) in [5.41, 5.74) is 0.650. The summed E-state index contributed by atoms with van der Waals surface area (Å²) in [6, 6.07) is 12.2. The molecule has 0 bridgehead atoms. The third-order valence-electron chi connectivity index (χ3n) is 4.85. The maximum absolute atomic E-state index is 12.8. The molecule has 1 saturated heterocycles. The lowest BCUT2D eigenvalue weighted by atomic mass is 10.2. The van der Waals surface area contributed by atoms with E-state index >= 15 is 0 Å². The van der Waals surface area contributed by atoms with E-state index in [-0.39, 0.29) is 42.7 Å². The Morgan fingerprint density at radius 2 is 1.59 bits per heavy atom. The van der Waals surface area contributed by atoms with Gasteiger partial charge in [-0.15, -0.1) is 0 Å². The van der Waals surface area contributed by atoms with Crippen molar-refractivity contribution >= 4 is 22.0 Å². The van der Waals surface area contributed by atoms with E-state index in [9.17, 15) is 22.0 Å². The standard InChI is InChI=1S/C22H24F2N2O5S/c1-2-30-18-8-10-20(11-9-18)32(28,29)26-15-13-25(14-16-26)21(27)12-5-17-3-6-19(7-4-17)31-22(23)24/h3-12,22H,2,13-16H2,1H3/b12-5+. The van der Waals surface area contributed by atoms with Crippen LogP contribution in [-0.4, -0.2) is 62.9 Å². The van der Waals surface area contributed by atoms with Crippen LogP contribution in [0, 0.1) is 0 Å². The summed E-state index contributed by atoms with van der Waals surface area (Å²) in [6.45, 7) is 0.358. The van der Waals surface area contributed by atoms with E-state index in [1.165, 1.54) is 34.6 Å². The van der Waals surface area contributed by atoms with Gasteiger partial charge in [-0.25, -0.2) is 8.42 Å². The lowest BCUT2D eigenvalue weighted by molar-refractivity contribution is -0.127. The van der Waals surface area contributed by atoms with Crippen molar-refractivity contribution in [3.63, 3.8) is 0 Å². The first kappa shape index (κ1) is 23.7. The van der Waals surface area contributed by atoms with E-state index in [1.54, 1.807) is 35.2 Å². The number of carbonyl (C=O) groups is 1. The Bertz CT molecular complexity index is 1030. The highest BCUT2D eigenvalue weighted by molar-refractivity contribution is 7.89. The maximum Gasteiger partial charge on any atom is 0.387 e. The summed E-state index contributed by atoms with van der Waals surface area (Å²) < 4.78 is 61.1. The average Bonchev–Trinajstić information content (AvgIpc) is 2.79. The number of alkyl halides is 2. The van der Waals surface area contributed by atoms with Gasteiger partial charge in [0.1, 0.15) is 11.5 Å². The predicted octanol–water partition coefficient (Wildman–Crippen LogP) is 3.23. The Morgan fingerprint density at radius 3 is 2.16 bits per heavy atom. The number of ether oxygens (including phenoxy) is 2.